The molecule has 6 nitrogen and oxygen atoms in total. The van der Waals surface area contributed by atoms with Gasteiger partial charge < -0.3 is 10.6 Å². The smallest absolute Gasteiger partial charge is 0.204 e. The fraction of sp³-hybridized carbons (Fsp3) is 0.200. The van der Waals surface area contributed by atoms with Crippen LogP contribution in [0.15, 0.2) is 39.1 Å². The standard InChI is InChI=1S/C15H14N4O2S3/c1-8(12(19-21-2)10-7-22-14(16)17-10)13(20)24-15-18-9-5-3-4-6-11(9)23-15/h3-8H,1-2H3,(H2,16,17)/b19-12+/t8-/m0/s1. The predicted molar refractivity (Wildman–Crippen MR) is 99.7 cm³/mol. The molecule has 3 aromatic rings. The van der Waals surface area contributed by atoms with Crippen molar-refractivity contribution in [2.75, 3.05) is 12.8 Å². The number of nitrogens with zero attached hydrogens (tertiary/aromatic N) is 3. The third-order valence-electron chi connectivity index (χ3n) is 3.20. The van der Waals surface area contributed by atoms with Crippen LogP contribution >= 0.6 is 34.4 Å². The lowest BCUT2D eigenvalue weighted by atomic mass is 10.1. The highest BCUT2D eigenvalue weighted by molar-refractivity contribution is 8.15. The minimum atomic E-state index is -0.497. The van der Waals surface area contributed by atoms with Gasteiger partial charge in [-0.1, -0.05) is 17.3 Å². The van der Waals surface area contributed by atoms with Crippen molar-refractivity contribution < 1.29 is 9.63 Å². The number of para-hydroxylation sites is 1. The first kappa shape index (κ1) is 16.9. The van der Waals surface area contributed by atoms with Crippen molar-refractivity contribution in [2.45, 2.75) is 11.3 Å². The number of hydrogen-bond acceptors (Lipinski definition) is 9. The summed E-state index contributed by atoms with van der Waals surface area (Å²) in [4.78, 5) is 26.2. The summed E-state index contributed by atoms with van der Waals surface area (Å²) >= 11 is 3.90. The quantitative estimate of drug-likeness (QED) is 0.414. The third kappa shape index (κ3) is 3.58. The molecule has 0 aliphatic heterocycles. The van der Waals surface area contributed by atoms with Crippen LogP contribution in [0.4, 0.5) is 5.13 Å². The minimum Gasteiger partial charge on any atom is -0.399 e. The topological polar surface area (TPSA) is 90.5 Å². The third-order valence-corrected chi connectivity index (χ3v) is 6.03. The van der Waals surface area contributed by atoms with Crippen LogP contribution in [0.2, 0.25) is 0 Å². The summed E-state index contributed by atoms with van der Waals surface area (Å²) in [6.07, 6.45) is 0. The monoisotopic (exact) mass is 378 g/mol. The summed E-state index contributed by atoms with van der Waals surface area (Å²) in [5.41, 5.74) is 7.58. The van der Waals surface area contributed by atoms with Crippen molar-refractivity contribution in [3.63, 3.8) is 0 Å². The number of nitrogens with two attached hydrogens (primary N) is 1. The first-order chi connectivity index (χ1) is 11.6. The lowest BCUT2D eigenvalue weighted by Crippen LogP contribution is -2.20. The van der Waals surface area contributed by atoms with Crippen LogP contribution in [-0.4, -0.2) is 27.9 Å². The van der Waals surface area contributed by atoms with Crippen LogP contribution in [0, 0.1) is 5.92 Å². The van der Waals surface area contributed by atoms with E-state index in [4.69, 9.17) is 10.6 Å². The molecule has 1 aromatic carbocycles. The van der Waals surface area contributed by atoms with Crippen LogP contribution in [0.1, 0.15) is 12.6 Å². The molecule has 2 heterocycles. The second-order valence-corrected chi connectivity index (χ2v) is 7.99. The summed E-state index contributed by atoms with van der Waals surface area (Å²) in [6, 6.07) is 7.80. The highest BCUT2D eigenvalue weighted by atomic mass is 32.2. The fourth-order valence-corrected chi connectivity index (χ4v) is 4.57. The maximum absolute atomic E-state index is 12.6. The number of thiazole rings is 2. The largest absolute Gasteiger partial charge is 0.399 e. The van der Waals surface area contributed by atoms with Crippen LogP contribution < -0.4 is 5.73 Å². The Morgan fingerprint density at radius 2 is 2.17 bits per heavy atom. The van der Waals surface area contributed by atoms with Gasteiger partial charge in [-0.05, 0) is 30.8 Å². The van der Waals surface area contributed by atoms with Crippen molar-refractivity contribution >= 4 is 60.6 Å². The molecule has 124 valence electrons. The maximum atomic E-state index is 12.6. The van der Waals surface area contributed by atoms with Crippen molar-refractivity contribution in [3.8, 4) is 0 Å². The summed E-state index contributed by atoms with van der Waals surface area (Å²) in [5.74, 6) is -0.497. The number of thioether (sulfide) groups is 1. The Kier molecular flexibility index (Phi) is 5.12. The number of carbonyl (C=O) groups is 1. The number of rotatable bonds is 5. The number of benzene rings is 1. The van der Waals surface area contributed by atoms with E-state index in [0.717, 1.165) is 22.0 Å². The Morgan fingerprint density at radius 3 is 2.83 bits per heavy atom. The normalized spacial score (nSPS) is 13.2. The molecule has 0 aliphatic carbocycles. The molecule has 0 aliphatic rings. The minimum absolute atomic E-state index is 0.0728. The molecule has 3 rings (SSSR count). The van der Waals surface area contributed by atoms with Gasteiger partial charge in [0.05, 0.1) is 16.1 Å². The SMILES string of the molecule is CO/N=C(/c1csc(N)n1)[C@H](C)C(=O)Sc1nc2ccccc2s1. The highest BCUT2D eigenvalue weighted by Crippen LogP contribution is 2.32. The molecule has 0 unspecified atom stereocenters. The number of aromatic nitrogens is 2. The zero-order chi connectivity index (χ0) is 17.1. The average molecular weight is 379 g/mol. The zero-order valence-corrected chi connectivity index (χ0v) is 15.4. The van der Waals surface area contributed by atoms with E-state index in [1.54, 1.807) is 12.3 Å². The molecule has 0 bridgehead atoms. The van der Waals surface area contributed by atoms with Gasteiger partial charge in [0.15, 0.2) is 9.47 Å². The molecule has 1 atom stereocenters. The summed E-state index contributed by atoms with van der Waals surface area (Å²) in [6.45, 7) is 1.77. The van der Waals surface area contributed by atoms with Gasteiger partial charge in [-0.3, -0.25) is 4.79 Å². The lowest BCUT2D eigenvalue weighted by molar-refractivity contribution is -0.112. The Bertz CT molecular complexity index is 870. The number of carbonyl (C=O) groups excluding carboxylic acids is 1. The number of hydrogen-bond donors (Lipinski definition) is 1. The van der Waals surface area contributed by atoms with E-state index >= 15 is 0 Å². The molecule has 9 heteroatoms. The molecule has 2 N–H and O–H groups in total. The van der Waals surface area contributed by atoms with E-state index in [1.807, 2.05) is 24.3 Å². The molecule has 0 saturated carbocycles. The Labute approximate surface area is 150 Å². The Hall–Kier alpha value is -1.97. The molecule has 24 heavy (non-hydrogen) atoms. The van der Waals surface area contributed by atoms with E-state index in [9.17, 15) is 4.79 Å². The van der Waals surface area contributed by atoms with Crippen LogP contribution in [-0.2, 0) is 9.63 Å². The second kappa shape index (κ2) is 7.29. The van der Waals surface area contributed by atoms with Gasteiger partial charge in [-0.15, -0.1) is 22.7 Å². The number of anilines is 1. The van der Waals surface area contributed by atoms with Crippen molar-refractivity contribution in [1.82, 2.24) is 9.97 Å². The molecule has 2 aromatic heterocycles. The molecule has 0 radical (unpaired) electrons. The van der Waals surface area contributed by atoms with E-state index in [2.05, 4.69) is 15.1 Å². The molecule has 0 saturated heterocycles. The molecule has 0 fully saturated rings. The Morgan fingerprint density at radius 1 is 1.38 bits per heavy atom. The summed E-state index contributed by atoms with van der Waals surface area (Å²) in [7, 11) is 1.44. The summed E-state index contributed by atoms with van der Waals surface area (Å²) in [5, 5.41) is 6.08. The van der Waals surface area contributed by atoms with Gasteiger partial charge in [0.1, 0.15) is 18.5 Å². The van der Waals surface area contributed by atoms with Crippen molar-refractivity contribution in [1.29, 1.82) is 0 Å². The van der Waals surface area contributed by atoms with Crippen LogP contribution in [0.5, 0.6) is 0 Å². The fourth-order valence-electron chi connectivity index (χ4n) is 2.03. The Balaban J connectivity index is 1.80. The predicted octanol–water partition coefficient (Wildman–Crippen LogP) is 3.64. The second-order valence-electron chi connectivity index (χ2n) is 4.82. The van der Waals surface area contributed by atoms with E-state index in [-0.39, 0.29) is 5.12 Å². The highest BCUT2D eigenvalue weighted by Gasteiger charge is 2.25. The van der Waals surface area contributed by atoms with E-state index in [1.165, 1.54) is 29.8 Å². The number of fused-ring (bicyclic) bond motifs is 1. The zero-order valence-electron chi connectivity index (χ0n) is 12.9. The van der Waals surface area contributed by atoms with Gasteiger partial charge in [-0.25, -0.2) is 9.97 Å². The van der Waals surface area contributed by atoms with E-state index < -0.39 is 5.92 Å². The summed E-state index contributed by atoms with van der Waals surface area (Å²) < 4.78 is 1.76. The van der Waals surface area contributed by atoms with E-state index in [0.29, 0.717) is 20.9 Å². The van der Waals surface area contributed by atoms with Gasteiger partial charge >= 0.3 is 0 Å². The van der Waals surface area contributed by atoms with Crippen LogP contribution in [0.3, 0.4) is 0 Å². The average Bonchev–Trinajstić information content (AvgIpc) is 3.17. The number of nitrogen functional groups attached to an aromatic ring is 1. The van der Waals surface area contributed by atoms with Crippen molar-refractivity contribution in [2.24, 2.45) is 11.1 Å². The lowest BCUT2D eigenvalue weighted by Gasteiger charge is -2.09. The van der Waals surface area contributed by atoms with Gasteiger partial charge in [-0.2, -0.15) is 0 Å². The molecule has 0 spiro atoms. The molecule has 0 amide bonds. The van der Waals surface area contributed by atoms with Gasteiger partial charge in [0.2, 0.25) is 5.12 Å². The maximum Gasteiger partial charge on any atom is 0.204 e. The first-order valence-corrected chi connectivity index (χ1v) is 9.49. The first-order valence-electron chi connectivity index (χ1n) is 6.98. The van der Waals surface area contributed by atoms with Crippen molar-refractivity contribution in [3.05, 3.63) is 35.3 Å². The van der Waals surface area contributed by atoms with Gasteiger partial charge in [0.25, 0.3) is 0 Å². The number of oxime groups is 1. The van der Waals surface area contributed by atoms with Crippen LogP contribution in [0.25, 0.3) is 10.2 Å². The van der Waals surface area contributed by atoms with Gasteiger partial charge in [0, 0.05) is 5.38 Å². The molecular formula is C15H14N4O2S3. The molecular weight excluding hydrogens is 364 g/mol.